The summed E-state index contributed by atoms with van der Waals surface area (Å²) in [5.41, 5.74) is 4.57. The van der Waals surface area contributed by atoms with Crippen LogP contribution in [-0.2, 0) is 19.1 Å². The smallest absolute Gasteiger partial charge is 0.407 e. The van der Waals surface area contributed by atoms with Crippen LogP contribution in [0.2, 0.25) is 5.21 Å². The fourth-order valence-electron chi connectivity index (χ4n) is 8.22. The number of H-pyrrole nitrogens is 2. The van der Waals surface area contributed by atoms with E-state index in [1.807, 2.05) is 64.1 Å². The molecule has 0 spiro atoms. The number of nitrogens with zero attached hydrogens (tertiary/aromatic N) is 4. The molecule has 318 valence electrons. The maximum absolute atomic E-state index is 13.7. The second kappa shape index (κ2) is 18.0. The summed E-state index contributed by atoms with van der Waals surface area (Å²) in [4.78, 5) is 71.3. The molecule has 0 aliphatic carbocycles. The van der Waals surface area contributed by atoms with Crippen molar-refractivity contribution >= 4 is 39.7 Å². The molecule has 4 aromatic rings. The number of aromatic nitrogens is 4. The normalized spacial score (nSPS) is 19.3. The number of rotatable bonds is 10. The molecule has 2 saturated heterocycles. The lowest BCUT2D eigenvalue weighted by molar-refractivity contribution is -0.136. The van der Waals surface area contributed by atoms with Gasteiger partial charge in [-0.15, -0.1) is 0 Å². The van der Waals surface area contributed by atoms with E-state index in [2.05, 4.69) is 20.6 Å². The van der Waals surface area contributed by atoms with Gasteiger partial charge in [0.15, 0.2) is 0 Å². The molecular weight excluding hydrogens is 778 g/mol. The lowest BCUT2D eigenvalue weighted by Crippen LogP contribution is -2.51. The van der Waals surface area contributed by atoms with Crippen LogP contribution in [0.3, 0.4) is 0 Å². The molecule has 0 bridgehead atoms. The molecule has 4 radical (unpaired) electrons. The Kier molecular flexibility index (Phi) is 12.7. The van der Waals surface area contributed by atoms with Crippen LogP contribution in [-0.4, -0.2) is 122 Å². The minimum atomic E-state index is -1.32. The maximum atomic E-state index is 13.7. The van der Waals surface area contributed by atoms with Gasteiger partial charge in [-0.2, -0.15) is 0 Å². The molecule has 2 unspecified atom stereocenters. The Morgan fingerprint density at radius 1 is 0.721 bits per heavy atom. The second-order valence-electron chi connectivity index (χ2n) is 16.7. The zero-order valence-corrected chi connectivity index (χ0v) is 35.4. The largest absolute Gasteiger partial charge is 0.494 e. The fourth-order valence-corrected chi connectivity index (χ4v) is 8.22. The third-order valence-corrected chi connectivity index (χ3v) is 11.5. The zero-order chi connectivity index (χ0) is 43.6. The molecule has 2 aromatic carbocycles. The Labute approximate surface area is 358 Å². The van der Waals surface area contributed by atoms with E-state index in [0.717, 1.165) is 59.3 Å². The van der Waals surface area contributed by atoms with Crippen LogP contribution >= 0.6 is 0 Å². The summed E-state index contributed by atoms with van der Waals surface area (Å²) in [5, 5.41) is 4.05. The highest BCUT2D eigenvalue weighted by Gasteiger charge is 2.39. The molecule has 4 atom stereocenters. The molecule has 4 amide bonds. The predicted octanol–water partition coefficient (Wildman–Crippen LogP) is 5.45. The highest BCUT2D eigenvalue weighted by molar-refractivity contribution is 6.40. The summed E-state index contributed by atoms with van der Waals surface area (Å²) >= 11 is 0. The van der Waals surface area contributed by atoms with Gasteiger partial charge in [-0.05, 0) is 67.0 Å². The zero-order valence-electron chi connectivity index (χ0n) is 35.4. The number of hydrogen-bond acceptors (Lipinski definition) is 10. The third kappa shape index (κ3) is 9.22. The quantitative estimate of drug-likeness (QED) is 0.150. The van der Waals surface area contributed by atoms with Crippen molar-refractivity contribution in [2.75, 3.05) is 40.5 Å². The van der Waals surface area contributed by atoms with E-state index in [0.29, 0.717) is 36.2 Å². The number of hydrogen-bond donors (Lipinski definition) is 4. The average Bonchev–Trinajstić information content (AvgIpc) is 4.09. The highest BCUT2D eigenvalue weighted by atomic mass is 16.5. The van der Waals surface area contributed by atoms with E-state index in [9.17, 15) is 19.2 Å². The molecule has 7 rings (SSSR count). The molecule has 16 nitrogen and oxygen atoms in total. The van der Waals surface area contributed by atoms with Crippen molar-refractivity contribution in [3.8, 4) is 45.1 Å². The first-order valence-electron chi connectivity index (χ1n) is 20.7. The first-order valence-corrected chi connectivity index (χ1v) is 20.7. The number of carbonyl (C=O) groups is 4. The van der Waals surface area contributed by atoms with Gasteiger partial charge in [-0.3, -0.25) is 9.59 Å². The van der Waals surface area contributed by atoms with Gasteiger partial charge in [-0.1, -0.05) is 39.8 Å². The molecule has 2 aromatic heterocycles. The summed E-state index contributed by atoms with van der Waals surface area (Å²) in [5.74, 6) is 1.69. The third-order valence-electron chi connectivity index (χ3n) is 11.5. The number of likely N-dealkylation sites (tertiary alicyclic amines) is 2. The number of imidazole rings is 2. The van der Waals surface area contributed by atoms with E-state index in [1.54, 1.807) is 22.2 Å². The number of aromatic amines is 2. The van der Waals surface area contributed by atoms with Crippen molar-refractivity contribution in [2.45, 2.75) is 82.8 Å². The van der Waals surface area contributed by atoms with Gasteiger partial charge in [-0.25, -0.2) is 19.6 Å². The summed E-state index contributed by atoms with van der Waals surface area (Å²) in [6.07, 6.45) is 5.19. The predicted molar refractivity (Wildman–Crippen MR) is 228 cm³/mol. The van der Waals surface area contributed by atoms with Gasteiger partial charge < -0.3 is 49.3 Å². The van der Waals surface area contributed by atoms with Crippen LogP contribution in [0, 0.1) is 11.8 Å². The first-order chi connectivity index (χ1) is 29.2. The molecular formula is C43H52B2N8O8. The highest BCUT2D eigenvalue weighted by Crippen LogP contribution is 2.43. The summed E-state index contributed by atoms with van der Waals surface area (Å²) in [6.45, 7) is 8.55. The van der Waals surface area contributed by atoms with E-state index < -0.39 is 29.5 Å². The summed E-state index contributed by atoms with van der Waals surface area (Å²) in [7, 11) is 15.5. The second-order valence-corrected chi connectivity index (χ2v) is 16.7. The summed E-state index contributed by atoms with van der Waals surface area (Å²) < 4.78 is 22.2. The van der Waals surface area contributed by atoms with Crippen LogP contribution < -0.4 is 20.1 Å². The number of alkyl carbamates (subject to hydrolysis) is 2. The molecule has 5 heterocycles. The first kappa shape index (κ1) is 43.2. The maximum Gasteiger partial charge on any atom is 0.407 e. The SMILES string of the molecule is [B]C1([B])COc2cc(-c3cnc([C@@H]4CCCN4C(=O)C(NC(=O)OC)C(C)C)[nH]3)ccc2-c2ccc(-c3cnc([C@@H]4CCCN4C(=O)C(NC(=O)OC)C(C)C)[nH]3)cc2OC1. The molecule has 2 fully saturated rings. The number of benzene rings is 2. The van der Waals surface area contributed by atoms with Crippen molar-refractivity contribution in [2.24, 2.45) is 11.8 Å². The van der Waals surface area contributed by atoms with Crippen LogP contribution in [0.1, 0.15) is 77.1 Å². The molecule has 61 heavy (non-hydrogen) atoms. The lowest BCUT2D eigenvalue weighted by atomic mass is 9.55. The van der Waals surface area contributed by atoms with Crippen molar-refractivity contribution in [3.63, 3.8) is 0 Å². The van der Waals surface area contributed by atoms with Crippen molar-refractivity contribution in [3.05, 3.63) is 60.4 Å². The minimum Gasteiger partial charge on any atom is -0.494 e. The standard InChI is InChI=1S/C43H52B2N8O8/c1-23(2)35(50-41(56)58-5)39(54)52-15-7-9-31(52)37-46-19-29(48-37)25-11-13-27-28-14-12-26(18-34(28)61-22-43(44,45)21-60-33(27)17-25)30-20-47-38(49-30)32-10-8-16-53(32)40(55)36(24(3)4)51-42(57)59-6/h11-14,17-20,23-24,31-32,35-36H,7-10,15-16,21-22H2,1-6H3,(H,46,48)(H,47,49)(H,50,56)(H,51,57)/t31-,32-,35?,36?/m0/s1. The topological polar surface area (TPSA) is 193 Å². The minimum absolute atomic E-state index is 0.0262. The van der Waals surface area contributed by atoms with Gasteiger partial charge in [0.1, 0.15) is 35.2 Å². The van der Waals surface area contributed by atoms with Gasteiger partial charge >= 0.3 is 12.2 Å². The Hall–Kier alpha value is -5.93. The number of methoxy groups -OCH3 is 2. The van der Waals surface area contributed by atoms with Gasteiger partial charge in [0.2, 0.25) is 11.8 Å². The van der Waals surface area contributed by atoms with Crippen LogP contribution in [0.5, 0.6) is 11.5 Å². The monoisotopic (exact) mass is 830 g/mol. The molecule has 18 heteroatoms. The molecule has 3 aliphatic heterocycles. The number of amides is 4. The fraction of sp³-hybridized carbons (Fsp3) is 0.488. The Bertz CT molecular complexity index is 2110. The number of ether oxygens (including phenoxy) is 4. The number of fused-ring (bicyclic) bond motifs is 3. The van der Waals surface area contributed by atoms with Crippen molar-refractivity contribution in [1.29, 1.82) is 0 Å². The molecule has 0 saturated carbocycles. The van der Waals surface area contributed by atoms with Crippen LogP contribution in [0.15, 0.2) is 48.8 Å². The van der Waals surface area contributed by atoms with Gasteiger partial charge in [0.05, 0.1) is 79.0 Å². The van der Waals surface area contributed by atoms with Gasteiger partial charge in [0, 0.05) is 35.3 Å². The van der Waals surface area contributed by atoms with E-state index in [4.69, 9.17) is 44.6 Å². The average molecular weight is 831 g/mol. The van der Waals surface area contributed by atoms with Crippen molar-refractivity contribution < 1.29 is 38.1 Å². The Morgan fingerprint density at radius 3 is 1.51 bits per heavy atom. The number of carbonyl (C=O) groups excluding carboxylic acids is 4. The van der Waals surface area contributed by atoms with Crippen LogP contribution in [0.25, 0.3) is 33.6 Å². The van der Waals surface area contributed by atoms with E-state index >= 15 is 0 Å². The number of nitrogens with one attached hydrogen (secondary N) is 4. The Balaban J connectivity index is 1.13. The lowest BCUT2D eigenvalue weighted by Gasteiger charge is -2.30. The van der Waals surface area contributed by atoms with E-state index in [1.165, 1.54) is 14.2 Å². The molecule has 3 aliphatic rings. The Morgan fingerprint density at radius 2 is 1.13 bits per heavy atom. The van der Waals surface area contributed by atoms with Crippen LogP contribution in [0.4, 0.5) is 9.59 Å². The molecule has 4 N–H and O–H groups in total. The summed E-state index contributed by atoms with van der Waals surface area (Å²) in [6, 6.07) is 9.55. The van der Waals surface area contributed by atoms with Crippen molar-refractivity contribution in [1.82, 2.24) is 40.4 Å². The van der Waals surface area contributed by atoms with Gasteiger partial charge in [0.25, 0.3) is 0 Å². The van der Waals surface area contributed by atoms with E-state index in [-0.39, 0.29) is 48.9 Å².